The molecule has 1 aliphatic rings. The van der Waals surface area contributed by atoms with E-state index in [1.165, 1.54) is 0 Å². The topological polar surface area (TPSA) is 114 Å². The average molecular weight is 376 g/mol. The lowest BCUT2D eigenvalue weighted by atomic mass is 10.1. The zero-order valence-electron chi connectivity index (χ0n) is 15.2. The van der Waals surface area contributed by atoms with Crippen molar-refractivity contribution in [3.63, 3.8) is 0 Å². The molecule has 0 radical (unpaired) electrons. The van der Waals surface area contributed by atoms with E-state index in [4.69, 9.17) is 19.7 Å². The zero-order valence-corrected chi connectivity index (χ0v) is 15.2. The fourth-order valence-electron chi connectivity index (χ4n) is 3.14. The van der Waals surface area contributed by atoms with Crippen molar-refractivity contribution < 1.29 is 14.0 Å². The Hall–Kier alpha value is -3.88. The van der Waals surface area contributed by atoms with Crippen LogP contribution in [0.4, 0.5) is 5.82 Å². The first-order chi connectivity index (χ1) is 13.6. The van der Waals surface area contributed by atoms with Gasteiger partial charge in [0.1, 0.15) is 0 Å². The predicted molar refractivity (Wildman–Crippen MR) is 100 cm³/mol. The largest absolute Gasteiger partial charge is 0.454 e. The number of hydrogen-bond donors (Lipinski definition) is 1. The summed E-state index contributed by atoms with van der Waals surface area (Å²) in [6.07, 6.45) is 0. The van der Waals surface area contributed by atoms with E-state index < -0.39 is 0 Å². The lowest BCUT2D eigenvalue weighted by Crippen LogP contribution is -2.04. The van der Waals surface area contributed by atoms with Gasteiger partial charge in [0.2, 0.25) is 12.6 Å². The predicted octanol–water partition coefficient (Wildman–Crippen LogP) is 2.91. The summed E-state index contributed by atoms with van der Waals surface area (Å²) in [4.78, 5) is 4.41. The quantitative estimate of drug-likeness (QED) is 0.580. The maximum atomic E-state index is 6.27. The van der Waals surface area contributed by atoms with Gasteiger partial charge in [0.15, 0.2) is 23.0 Å². The molecule has 0 fully saturated rings. The molecule has 9 heteroatoms. The highest BCUT2D eigenvalue weighted by Gasteiger charge is 2.21. The van der Waals surface area contributed by atoms with Crippen molar-refractivity contribution in [3.8, 4) is 40.2 Å². The van der Waals surface area contributed by atoms with Crippen LogP contribution in [0.2, 0.25) is 0 Å². The Morgan fingerprint density at radius 1 is 1.04 bits per heavy atom. The number of fused-ring (bicyclic) bond motifs is 1. The van der Waals surface area contributed by atoms with Crippen LogP contribution in [-0.4, -0.2) is 31.9 Å². The first-order valence-corrected chi connectivity index (χ1v) is 8.63. The lowest BCUT2D eigenvalue weighted by molar-refractivity contribution is 0.174. The molecule has 0 atom stereocenters. The van der Waals surface area contributed by atoms with Crippen LogP contribution in [0.5, 0.6) is 11.5 Å². The van der Waals surface area contributed by atoms with Crippen LogP contribution in [0.25, 0.3) is 28.7 Å². The average Bonchev–Trinajstić information content (AvgIpc) is 3.40. The first kappa shape index (κ1) is 16.3. The second-order valence-corrected chi connectivity index (χ2v) is 6.52. The summed E-state index contributed by atoms with van der Waals surface area (Å²) in [5, 5.41) is 12.3. The summed E-state index contributed by atoms with van der Waals surface area (Å²) in [5.74, 6) is 2.25. The van der Waals surface area contributed by atoms with Crippen molar-refractivity contribution in [2.45, 2.75) is 13.8 Å². The number of nitrogen functional groups attached to an aromatic ring is 1. The Bertz CT molecular complexity index is 1200. The third-order valence-electron chi connectivity index (χ3n) is 4.54. The smallest absolute Gasteiger partial charge is 0.282 e. The summed E-state index contributed by atoms with van der Waals surface area (Å²) in [5.41, 5.74) is 10.4. The van der Waals surface area contributed by atoms with Crippen LogP contribution in [0, 0.1) is 13.8 Å². The number of hydrogen-bond acceptors (Lipinski definition) is 8. The number of aryl methyl sites for hydroxylation is 2. The molecular formula is C19H16N6O3. The van der Waals surface area contributed by atoms with E-state index in [0.717, 1.165) is 22.4 Å². The monoisotopic (exact) mass is 376 g/mol. The van der Waals surface area contributed by atoms with Gasteiger partial charge in [-0.3, -0.25) is 0 Å². The number of anilines is 1. The van der Waals surface area contributed by atoms with Crippen LogP contribution >= 0.6 is 0 Å². The normalized spacial score (nSPS) is 12.5. The van der Waals surface area contributed by atoms with E-state index >= 15 is 0 Å². The van der Waals surface area contributed by atoms with Crippen molar-refractivity contribution in [1.82, 2.24) is 25.1 Å². The van der Waals surface area contributed by atoms with Crippen molar-refractivity contribution in [2.75, 3.05) is 12.5 Å². The van der Waals surface area contributed by atoms with Crippen molar-refractivity contribution in [1.29, 1.82) is 0 Å². The first-order valence-electron chi connectivity index (χ1n) is 8.63. The van der Waals surface area contributed by atoms with Gasteiger partial charge in [-0.2, -0.15) is 9.67 Å². The molecule has 0 saturated heterocycles. The summed E-state index contributed by atoms with van der Waals surface area (Å²) < 4.78 is 17.6. The Morgan fingerprint density at radius 2 is 1.89 bits per heavy atom. The van der Waals surface area contributed by atoms with E-state index in [2.05, 4.69) is 26.5 Å². The number of rotatable bonds is 3. The van der Waals surface area contributed by atoms with Gasteiger partial charge in [-0.05, 0) is 43.7 Å². The van der Waals surface area contributed by atoms with Gasteiger partial charge >= 0.3 is 0 Å². The maximum absolute atomic E-state index is 6.27. The summed E-state index contributed by atoms with van der Waals surface area (Å²) >= 11 is 0. The minimum atomic E-state index is 0.196. The molecule has 0 bridgehead atoms. The molecule has 0 amide bonds. The standard InChI is InChI=1S/C19H16N6O3/c1-10-3-5-13(11(2)7-10)25-17(20)16(22-24-25)19-21-18(23-28-19)12-4-6-14-15(8-12)27-9-26-14/h3-8H,9,20H2,1-2H3. The van der Waals surface area contributed by atoms with Crippen molar-refractivity contribution in [2.24, 2.45) is 0 Å². The highest BCUT2D eigenvalue weighted by molar-refractivity contribution is 5.67. The minimum Gasteiger partial charge on any atom is -0.454 e. The van der Waals surface area contributed by atoms with E-state index in [1.807, 2.05) is 32.0 Å². The van der Waals surface area contributed by atoms with E-state index in [9.17, 15) is 0 Å². The van der Waals surface area contributed by atoms with Gasteiger partial charge in [-0.25, -0.2) is 0 Å². The van der Waals surface area contributed by atoms with E-state index in [-0.39, 0.29) is 12.7 Å². The highest BCUT2D eigenvalue weighted by atomic mass is 16.7. The molecular weight excluding hydrogens is 360 g/mol. The minimum absolute atomic E-state index is 0.196. The van der Waals surface area contributed by atoms with Gasteiger partial charge in [-0.1, -0.05) is 28.1 Å². The molecule has 0 saturated carbocycles. The fourth-order valence-corrected chi connectivity index (χ4v) is 3.14. The number of nitrogens with zero attached hydrogens (tertiary/aromatic N) is 5. The lowest BCUT2D eigenvalue weighted by Gasteiger charge is -2.07. The Labute approximate surface area is 159 Å². The number of nitrogens with two attached hydrogens (primary N) is 1. The van der Waals surface area contributed by atoms with Crippen LogP contribution in [0.3, 0.4) is 0 Å². The summed E-state index contributed by atoms with van der Waals surface area (Å²) in [7, 11) is 0. The molecule has 2 aromatic heterocycles. The SMILES string of the molecule is Cc1ccc(-n2nnc(-c3nc(-c4ccc5c(c4)OCO5)no3)c2N)c(C)c1. The van der Waals surface area contributed by atoms with Gasteiger partial charge < -0.3 is 19.7 Å². The summed E-state index contributed by atoms with van der Waals surface area (Å²) in [6.45, 7) is 4.23. The van der Waals surface area contributed by atoms with Gasteiger partial charge in [-0.15, -0.1) is 5.10 Å². The third-order valence-corrected chi connectivity index (χ3v) is 4.54. The third kappa shape index (κ3) is 2.56. The number of aromatic nitrogens is 5. The second kappa shape index (κ2) is 6.08. The molecule has 9 nitrogen and oxygen atoms in total. The molecule has 1 aliphatic heterocycles. The second-order valence-electron chi connectivity index (χ2n) is 6.52. The molecule has 3 heterocycles. The fraction of sp³-hybridized carbons (Fsp3) is 0.158. The van der Waals surface area contributed by atoms with Gasteiger partial charge in [0, 0.05) is 5.56 Å². The van der Waals surface area contributed by atoms with Crippen LogP contribution in [-0.2, 0) is 0 Å². The molecule has 0 unspecified atom stereocenters. The van der Waals surface area contributed by atoms with Crippen LogP contribution in [0.1, 0.15) is 11.1 Å². The molecule has 2 aromatic carbocycles. The molecule has 140 valence electrons. The van der Waals surface area contributed by atoms with Crippen molar-refractivity contribution >= 4 is 5.82 Å². The van der Waals surface area contributed by atoms with Gasteiger partial charge in [0.25, 0.3) is 5.89 Å². The summed E-state index contributed by atoms with van der Waals surface area (Å²) in [6, 6.07) is 11.4. The molecule has 5 rings (SSSR count). The molecule has 4 aromatic rings. The van der Waals surface area contributed by atoms with Crippen LogP contribution < -0.4 is 15.2 Å². The molecule has 28 heavy (non-hydrogen) atoms. The Kier molecular flexibility index (Phi) is 3.54. The molecule has 2 N–H and O–H groups in total. The molecule has 0 aliphatic carbocycles. The maximum Gasteiger partial charge on any atom is 0.282 e. The Balaban J connectivity index is 1.50. The van der Waals surface area contributed by atoms with Gasteiger partial charge in [0.05, 0.1) is 5.69 Å². The zero-order chi connectivity index (χ0) is 19.3. The van der Waals surface area contributed by atoms with Crippen molar-refractivity contribution in [3.05, 3.63) is 47.5 Å². The number of ether oxygens (including phenoxy) is 2. The van der Waals surface area contributed by atoms with E-state index in [0.29, 0.717) is 28.8 Å². The van der Waals surface area contributed by atoms with Crippen LogP contribution in [0.15, 0.2) is 40.9 Å². The number of benzene rings is 2. The molecule has 0 spiro atoms. The Morgan fingerprint density at radius 3 is 2.75 bits per heavy atom. The highest BCUT2D eigenvalue weighted by Crippen LogP contribution is 2.35. The van der Waals surface area contributed by atoms with E-state index in [1.54, 1.807) is 16.8 Å².